The predicted octanol–water partition coefficient (Wildman–Crippen LogP) is 5.69. The molecule has 0 saturated carbocycles. The second-order valence-corrected chi connectivity index (χ2v) is 7.30. The summed E-state index contributed by atoms with van der Waals surface area (Å²) in [6.45, 7) is 10.2. The summed E-state index contributed by atoms with van der Waals surface area (Å²) in [7, 11) is 2.01. The van der Waals surface area contributed by atoms with Crippen LogP contribution in [0.25, 0.3) is 22.2 Å². The molecule has 0 spiro atoms. The second kappa shape index (κ2) is 7.14. The third-order valence-corrected chi connectivity index (χ3v) is 5.71. The van der Waals surface area contributed by atoms with Gasteiger partial charge in [-0.1, -0.05) is 19.9 Å². The lowest BCUT2D eigenvalue weighted by Crippen LogP contribution is -2.32. The van der Waals surface area contributed by atoms with Crippen LogP contribution in [-0.2, 0) is 7.05 Å². The Hall–Kier alpha value is -2.29. The SMILES string of the molecule is CCC(CC)c1ccc2nc[n+](C)c(-c3cc(C)c(F)c(C)c3C)c2c1. The standard InChI is InChI=1S/C23H28FN2/c1-7-17(8-2)18-9-10-21-20(12-18)23(26(6)13-25-21)19-11-14(3)22(24)16(5)15(19)4/h9-13,17H,7-8H2,1-6H3/q+1. The first-order chi connectivity index (χ1) is 12.4. The van der Waals surface area contributed by atoms with Crippen LogP contribution < -0.4 is 4.57 Å². The van der Waals surface area contributed by atoms with E-state index in [-0.39, 0.29) is 5.82 Å². The van der Waals surface area contributed by atoms with Crippen LogP contribution in [0.2, 0.25) is 0 Å². The minimum Gasteiger partial charge on any atom is -0.232 e. The van der Waals surface area contributed by atoms with E-state index in [4.69, 9.17) is 0 Å². The van der Waals surface area contributed by atoms with Crippen LogP contribution in [0.15, 0.2) is 30.6 Å². The molecule has 0 aliphatic carbocycles. The average Bonchev–Trinajstić information content (AvgIpc) is 2.64. The number of fused-ring (bicyclic) bond motifs is 1. The number of aromatic nitrogens is 2. The third kappa shape index (κ3) is 3.00. The molecule has 3 rings (SSSR count). The third-order valence-electron chi connectivity index (χ3n) is 5.71. The number of aryl methyl sites for hydroxylation is 2. The molecule has 0 unspecified atom stereocenters. The first-order valence-electron chi connectivity index (χ1n) is 9.43. The van der Waals surface area contributed by atoms with Gasteiger partial charge in [-0.2, -0.15) is 0 Å². The van der Waals surface area contributed by atoms with E-state index in [0.29, 0.717) is 11.5 Å². The smallest absolute Gasteiger partial charge is 0.232 e. The van der Waals surface area contributed by atoms with E-state index in [0.717, 1.165) is 46.1 Å². The van der Waals surface area contributed by atoms with Crippen LogP contribution in [-0.4, -0.2) is 4.98 Å². The van der Waals surface area contributed by atoms with Crippen LogP contribution in [0.1, 0.15) is 54.9 Å². The normalized spacial score (nSPS) is 11.5. The first kappa shape index (κ1) is 18.5. The van der Waals surface area contributed by atoms with Gasteiger partial charge in [-0.05, 0) is 85.0 Å². The zero-order valence-electron chi connectivity index (χ0n) is 16.7. The molecule has 0 aliphatic rings. The van der Waals surface area contributed by atoms with Gasteiger partial charge in [-0.25, -0.2) is 8.96 Å². The summed E-state index contributed by atoms with van der Waals surface area (Å²) in [4.78, 5) is 4.60. The fourth-order valence-corrected chi connectivity index (χ4v) is 3.90. The minimum absolute atomic E-state index is 0.106. The van der Waals surface area contributed by atoms with Gasteiger partial charge in [0.15, 0.2) is 5.52 Å². The van der Waals surface area contributed by atoms with Crippen LogP contribution in [0.5, 0.6) is 0 Å². The van der Waals surface area contributed by atoms with E-state index in [2.05, 4.69) is 41.6 Å². The highest BCUT2D eigenvalue weighted by molar-refractivity contribution is 5.92. The van der Waals surface area contributed by atoms with E-state index < -0.39 is 0 Å². The predicted molar refractivity (Wildman–Crippen MR) is 106 cm³/mol. The molecule has 1 aromatic heterocycles. The van der Waals surface area contributed by atoms with Crippen molar-refractivity contribution in [3.8, 4) is 11.3 Å². The minimum atomic E-state index is -0.106. The zero-order valence-corrected chi connectivity index (χ0v) is 16.7. The lowest BCUT2D eigenvalue weighted by molar-refractivity contribution is -0.662. The number of halogens is 1. The Morgan fingerprint density at radius 2 is 1.73 bits per heavy atom. The van der Waals surface area contributed by atoms with Gasteiger partial charge in [-0.3, -0.25) is 0 Å². The largest absolute Gasteiger partial charge is 0.287 e. The lowest BCUT2D eigenvalue weighted by atomic mass is 9.90. The first-order valence-corrected chi connectivity index (χ1v) is 9.43. The Kier molecular flexibility index (Phi) is 5.08. The Bertz CT molecular complexity index is 972. The van der Waals surface area contributed by atoms with E-state index in [1.54, 1.807) is 0 Å². The quantitative estimate of drug-likeness (QED) is 0.551. The van der Waals surface area contributed by atoms with Crippen molar-refractivity contribution in [1.29, 1.82) is 0 Å². The molecule has 136 valence electrons. The van der Waals surface area contributed by atoms with Crippen molar-refractivity contribution in [3.63, 3.8) is 0 Å². The summed E-state index contributed by atoms with van der Waals surface area (Å²) in [5.41, 5.74) is 6.91. The highest BCUT2D eigenvalue weighted by Crippen LogP contribution is 2.33. The molecular formula is C23H28FN2+. The van der Waals surface area contributed by atoms with Crippen LogP contribution in [0.3, 0.4) is 0 Å². The van der Waals surface area contributed by atoms with Crippen molar-refractivity contribution in [2.75, 3.05) is 0 Å². The van der Waals surface area contributed by atoms with Gasteiger partial charge in [0.05, 0.1) is 12.4 Å². The van der Waals surface area contributed by atoms with Crippen molar-refractivity contribution in [3.05, 3.63) is 58.7 Å². The fraction of sp³-hybridized carbons (Fsp3) is 0.391. The molecule has 3 heteroatoms. The molecule has 3 aromatic rings. The molecular weight excluding hydrogens is 323 g/mol. The van der Waals surface area contributed by atoms with Gasteiger partial charge >= 0.3 is 0 Å². The van der Waals surface area contributed by atoms with Gasteiger partial charge in [0.1, 0.15) is 11.5 Å². The van der Waals surface area contributed by atoms with E-state index >= 15 is 0 Å². The Morgan fingerprint density at radius 3 is 2.38 bits per heavy atom. The fourth-order valence-electron chi connectivity index (χ4n) is 3.90. The van der Waals surface area contributed by atoms with E-state index in [9.17, 15) is 4.39 Å². The number of rotatable bonds is 4. The molecule has 2 nitrogen and oxygen atoms in total. The van der Waals surface area contributed by atoms with Gasteiger partial charge in [-0.15, -0.1) is 0 Å². The van der Waals surface area contributed by atoms with Crippen molar-refractivity contribution >= 4 is 10.9 Å². The molecule has 0 bridgehead atoms. The van der Waals surface area contributed by atoms with Crippen LogP contribution >= 0.6 is 0 Å². The van der Waals surface area contributed by atoms with Crippen molar-refractivity contribution in [2.24, 2.45) is 7.05 Å². The molecule has 0 aliphatic heterocycles. The van der Waals surface area contributed by atoms with Gasteiger partial charge in [0.2, 0.25) is 0 Å². The average molecular weight is 351 g/mol. The summed E-state index contributed by atoms with van der Waals surface area (Å²) < 4.78 is 16.4. The van der Waals surface area contributed by atoms with E-state index in [1.807, 2.05) is 40.2 Å². The summed E-state index contributed by atoms with van der Waals surface area (Å²) in [6.07, 6.45) is 4.09. The van der Waals surface area contributed by atoms with Gasteiger partial charge in [0, 0.05) is 5.56 Å². The Labute approximate surface area is 155 Å². The maximum atomic E-state index is 14.3. The highest BCUT2D eigenvalue weighted by atomic mass is 19.1. The lowest BCUT2D eigenvalue weighted by Gasteiger charge is -2.16. The molecule has 26 heavy (non-hydrogen) atoms. The highest BCUT2D eigenvalue weighted by Gasteiger charge is 2.21. The molecule has 2 aromatic carbocycles. The van der Waals surface area contributed by atoms with E-state index in [1.165, 1.54) is 5.56 Å². The summed E-state index contributed by atoms with van der Waals surface area (Å²) in [5.74, 6) is 0.445. The monoisotopic (exact) mass is 351 g/mol. The Balaban J connectivity index is 2.35. The maximum Gasteiger partial charge on any atom is 0.287 e. The van der Waals surface area contributed by atoms with Gasteiger partial charge < -0.3 is 0 Å². The molecule has 0 amide bonds. The molecule has 0 fully saturated rings. The molecule has 1 heterocycles. The summed E-state index contributed by atoms with van der Waals surface area (Å²) in [6, 6.07) is 8.56. The van der Waals surface area contributed by atoms with Crippen LogP contribution in [0, 0.1) is 26.6 Å². The van der Waals surface area contributed by atoms with Gasteiger partial charge in [0.25, 0.3) is 6.33 Å². The number of hydrogen-bond acceptors (Lipinski definition) is 1. The number of benzene rings is 2. The zero-order chi connectivity index (χ0) is 19.0. The molecule has 0 saturated heterocycles. The Morgan fingerprint density at radius 1 is 1.04 bits per heavy atom. The molecule has 0 radical (unpaired) electrons. The maximum absolute atomic E-state index is 14.3. The van der Waals surface area contributed by atoms with Crippen molar-refractivity contribution in [1.82, 2.24) is 4.98 Å². The van der Waals surface area contributed by atoms with Crippen molar-refractivity contribution < 1.29 is 8.96 Å². The summed E-state index contributed by atoms with van der Waals surface area (Å²) >= 11 is 0. The topological polar surface area (TPSA) is 16.8 Å². The van der Waals surface area contributed by atoms with Crippen molar-refractivity contribution in [2.45, 2.75) is 53.4 Å². The second-order valence-electron chi connectivity index (χ2n) is 7.30. The van der Waals surface area contributed by atoms with Crippen LogP contribution in [0.4, 0.5) is 4.39 Å². The molecule has 0 atom stereocenters. The number of hydrogen-bond donors (Lipinski definition) is 0. The molecule has 0 N–H and O–H groups in total. The summed E-state index contributed by atoms with van der Waals surface area (Å²) in [5, 5.41) is 1.13. The number of nitrogens with zero attached hydrogens (tertiary/aromatic N) is 2.